The van der Waals surface area contributed by atoms with Crippen molar-refractivity contribution in [2.75, 3.05) is 0 Å². The molecule has 5 aromatic carbocycles. The summed E-state index contributed by atoms with van der Waals surface area (Å²) in [5, 5.41) is 2.27. The van der Waals surface area contributed by atoms with Crippen LogP contribution in [-0.4, -0.2) is 9.55 Å². The van der Waals surface area contributed by atoms with Crippen LogP contribution in [0, 0.1) is 13.8 Å². The zero-order chi connectivity index (χ0) is 27.6. The highest BCUT2D eigenvalue weighted by atomic mass is 16.3. The summed E-state index contributed by atoms with van der Waals surface area (Å²) in [7, 11) is 0. The lowest BCUT2D eigenvalue weighted by Crippen LogP contribution is -2.16. The van der Waals surface area contributed by atoms with Crippen molar-refractivity contribution in [1.29, 1.82) is 0 Å². The molecular formula is C37H32N2O. The fourth-order valence-electron chi connectivity index (χ4n) is 5.97. The molecule has 0 aliphatic carbocycles. The second-order valence-electron chi connectivity index (χ2n) is 11.9. The largest absolute Gasteiger partial charge is 0.456 e. The number of imidazole rings is 1. The van der Waals surface area contributed by atoms with Crippen molar-refractivity contribution in [3.8, 4) is 28.2 Å². The Balaban J connectivity index is 1.51. The molecule has 7 rings (SSSR count). The maximum absolute atomic E-state index is 6.29. The third kappa shape index (κ3) is 3.93. The van der Waals surface area contributed by atoms with Crippen LogP contribution in [0.15, 0.2) is 108 Å². The molecule has 2 heterocycles. The first-order valence-electron chi connectivity index (χ1n) is 13.9. The van der Waals surface area contributed by atoms with Crippen molar-refractivity contribution in [3.05, 3.63) is 120 Å². The van der Waals surface area contributed by atoms with Gasteiger partial charge in [0.1, 0.15) is 17.0 Å². The quantitative estimate of drug-likeness (QED) is 0.232. The van der Waals surface area contributed by atoms with Crippen LogP contribution >= 0.6 is 0 Å². The number of aromatic nitrogens is 2. The summed E-state index contributed by atoms with van der Waals surface area (Å²) < 4.78 is 8.63. The van der Waals surface area contributed by atoms with Gasteiger partial charge in [-0.25, -0.2) is 4.98 Å². The van der Waals surface area contributed by atoms with Gasteiger partial charge in [0.25, 0.3) is 0 Å². The van der Waals surface area contributed by atoms with E-state index in [2.05, 4.69) is 142 Å². The van der Waals surface area contributed by atoms with Crippen LogP contribution in [0.3, 0.4) is 0 Å². The molecule has 3 heteroatoms. The summed E-state index contributed by atoms with van der Waals surface area (Å²) in [6, 6.07) is 36.7. The molecule has 0 aliphatic rings. The molecule has 40 heavy (non-hydrogen) atoms. The minimum Gasteiger partial charge on any atom is -0.456 e. The van der Waals surface area contributed by atoms with Gasteiger partial charge in [-0.1, -0.05) is 75.4 Å². The van der Waals surface area contributed by atoms with Crippen molar-refractivity contribution in [2.24, 2.45) is 0 Å². The van der Waals surface area contributed by atoms with E-state index in [0.29, 0.717) is 0 Å². The minimum absolute atomic E-state index is 0.0808. The van der Waals surface area contributed by atoms with Crippen molar-refractivity contribution in [1.82, 2.24) is 9.55 Å². The van der Waals surface area contributed by atoms with Crippen molar-refractivity contribution in [2.45, 2.75) is 40.0 Å². The zero-order valence-electron chi connectivity index (χ0n) is 23.6. The molecule has 0 saturated heterocycles. The third-order valence-electron chi connectivity index (χ3n) is 7.87. The number of benzene rings is 5. The van der Waals surface area contributed by atoms with E-state index >= 15 is 0 Å². The topological polar surface area (TPSA) is 31.0 Å². The molecule has 2 aromatic heterocycles. The standard InChI is InChI=1S/C37H32N2O/c1-23-19-24(2)35-29(20-23)28-21-27(16-18-34(28)40-35)36-38-31-13-9-10-14-33(31)39(36)32-17-15-26(22-30(32)37(3,4)5)25-11-7-6-8-12-25/h6-22H,1-5H3. The number of rotatable bonds is 3. The van der Waals surface area contributed by atoms with E-state index in [9.17, 15) is 0 Å². The van der Waals surface area contributed by atoms with E-state index in [0.717, 1.165) is 55.6 Å². The van der Waals surface area contributed by atoms with Crippen molar-refractivity contribution in [3.63, 3.8) is 0 Å². The van der Waals surface area contributed by atoms with Crippen LogP contribution in [0.2, 0.25) is 0 Å². The van der Waals surface area contributed by atoms with Crippen molar-refractivity contribution < 1.29 is 4.42 Å². The Bertz CT molecular complexity index is 2050. The second-order valence-corrected chi connectivity index (χ2v) is 11.9. The van der Waals surface area contributed by atoms with E-state index in [1.54, 1.807) is 0 Å². The maximum Gasteiger partial charge on any atom is 0.145 e. The van der Waals surface area contributed by atoms with Gasteiger partial charge in [0, 0.05) is 16.3 Å². The van der Waals surface area contributed by atoms with Crippen LogP contribution in [0.4, 0.5) is 0 Å². The van der Waals surface area contributed by atoms with E-state index in [-0.39, 0.29) is 5.41 Å². The lowest BCUT2D eigenvalue weighted by molar-refractivity contribution is 0.587. The molecule has 0 bridgehead atoms. The summed E-state index contributed by atoms with van der Waals surface area (Å²) in [5.74, 6) is 0.930. The van der Waals surface area contributed by atoms with Gasteiger partial charge in [-0.05, 0) is 95.6 Å². The van der Waals surface area contributed by atoms with Gasteiger partial charge < -0.3 is 4.42 Å². The average molecular weight is 521 g/mol. The Morgan fingerprint density at radius 1 is 0.675 bits per heavy atom. The van der Waals surface area contributed by atoms with Crippen LogP contribution in [0.5, 0.6) is 0 Å². The Morgan fingerprint density at radius 3 is 2.23 bits per heavy atom. The number of hydrogen-bond acceptors (Lipinski definition) is 2. The fourth-order valence-corrected chi connectivity index (χ4v) is 5.97. The Kier molecular flexibility index (Phi) is 5.47. The summed E-state index contributed by atoms with van der Waals surface area (Å²) in [4.78, 5) is 5.20. The molecular weight excluding hydrogens is 488 g/mol. The lowest BCUT2D eigenvalue weighted by atomic mass is 9.84. The molecule has 0 saturated carbocycles. The number of furan rings is 1. The first kappa shape index (κ1) is 24.4. The zero-order valence-corrected chi connectivity index (χ0v) is 23.6. The molecule has 0 amide bonds. The van der Waals surface area contributed by atoms with E-state index < -0.39 is 0 Å². The van der Waals surface area contributed by atoms with Crippen LogP contribution < -0.4 is 0 Å². The molecule has 196 valence electrons. The van der Waals surface area contributed by atoms with Crippen LogP contribution in [0.1, 0.15) is 37.5 Å². The summed E-state index contributed by atoms with van der Waals surface area (Å²) in [6.45, 7) is 11.1. The van der Waals surface area contributed by atoms with E-state index in [1.165, 1.54) is 22.3 Å². The summed E-state index contributed by atoms with van der Waals surface area (Å²) in [5.41, 5.74) is 12.2. The number of fused-ring (bicyclic) bond motifs is 4. The second kappa shape index (κ2) is 8.96. The molecule has 0 unspecified atom stereocenters. The third-order valence-corrected chi connectivity index (χ3v) is 7.87. The Hall–Kier alpha value is -4.63. The van der Waals surface area contributed by atoms with Gasteiger partial charge >= 0.3 is 0 Å². The van der Waals surface area contributed by atoms with Crippen LogP contribution in [-0.2, 0) is 5.41 Å². The Morgan fingerprint density at radius 2 is 1.43 bits per heavy atom. The molecule has 0 aliphatic heterocycles. The van der Waals surface area contributed by atoms with Gasteiger partial charge in [0.2, 0.25) is 0 Å². The van der Waals surface area contributed by atoms with Crippen molar-refractivity contribution >= 4 is 33.0 Å². The number of aryl methyl sites for hydroxylation is 2. The predicted molar refractivity (Wildman–Crippen MR) is 167 cm³/mol. The first-order chi connectivity index (χ1) is 19.3. The number of para-hydroxylation sites is 2. The molecule has 0 N–H and O–H groups in total. The first-order valence-corrected chi connectivity index (χ1v) is 13.9. The van der Waals surface area contributed by atoms with E-state index in [1.807, 2.05) is 0 Å². The lowest BCUT2D eigenvalue weighted by Gasteiger charge is -2.25. The highest BCUT2D eigenvalue weighted by Gasteiger charge is 2.24. The summed E-state index contributed by atoms with van der Waals surface area (Å²) >= 11 is 0. The number of hydrogen-bond donors (Lipinski definition) is 0. The molecule has 7 aromatic rings. The molecule has 3 nitrogen and oxygen atoms in total. The fraction of sp³-hybridized carbons (Fsp3) is 0.162. The monoisotopic (exact) mass is 520 g/mol. The predicted octanol–water partition coefficient (Wildman–Crippen LogP) is 10.2. The smallest absolute Gasteiger partial charge is 0.145 e. The van der Waals surface area contributed by atoms with Gasteiger partial charge in [-0.2, -0.15) is 0 Å². The Labute approximate surface area is 234 Å². The maximum atomic E-state index is 6.29. The van der Waals surface area contributed by atoms with Gasteiger partial charge in [-0.3, -0.25) is 4.57 Å². The number of nitrogens with zero attached hydrogens (tertiary/aromatic N) is 2. The van der Waals surface area contributed by atoms with E-state index in [4.69, 9.17) is 9.40 Å². The van der Waals surface area contributed by atoms with Gasteiger partial charge in [0.05, 0.1) is 16.7 Å². The SMILES string of the molecule is Cc1cc(C)c2oc3ccc(-c4nc5ccccc5n4-c4ccc(-c5ccccc5)cc4C(C)(C)C)cc3c2c1. The average Bonchev–Trinajstić information content (AvgIpc) is 3.51. The highest BCUT2D eigenvalue weighted by molar-refractivity contribution is 6.07. The molecule has 0 fully saturated rings. The van der Waals surface area contributed by atoms with Gasteiger partial charge in [0.15, 0.2) is 0 Å². The minimum atomic E-state index is -0.0808. The normalized spacial score (nSPS) is 12.1. The van der Waals surface area contributed by atoms with Crippen LogP contribution in [0.25, 0.3) is 61.2 Å². The summed E-state index contributed by atoms with van der Waals surface area (Å²) in [6.07, 6.45) is 0. The molecule has 0 radical (unpaired) electrons. The molecule has 0 spiro atoms. The molecule has 0 atom stereocenters. The van der Waals surface area contributed by atoms with Gasteiger partial charge in [-0.15, -0.1) is 0 Å². The highest BCUT2D eigenvalue weighted by Crippen LogP contribution is 2.39.